The van der Waals surface area contributed by atoms with E-state index in [0.717, 1.165) is 25.4 Å². The average molecular weight is 253 g/mol. The molecule has 0 unspecified atom stereocenters. The van der Waals surface area contributed by atoms with Gasteiger partial charge in [0.2, 0.25) is 0 Å². The Hall–Kier alpha value is -0.870. The first-order valence-electron chi connectivity index (χ1n) is 5.99. The number of rotatable bonds is 4. The van der Waals surface area contributed by atoms with Gasteiger partial charge in [-0.3, -0.25) is 4.31 Å². The van der Waals surface area contributed by atoms with Crippen molar-refractivity contribution in [1.82, 2.24) is 4.31 Å². The lowest BCUT2D eigenvalue weighted by Crippen LogP contribution is -2.30. The smallest absolute Gasteiger partial charge is 0.122 e. The van der Waals surface area contributed by atoms with Crippen molar-refractivity contribution in [2.45, 2.75) is 12.8 Å². The number of piperidine rings is 1. The van der Waals surface area contributed by atoms with E-state index in [-0.39, 0.29) is 5.75 Å². The fourth-order valence-corrected chi connectivity index (χ4v) is 2.62. The Morgan fingerprint density at radius 2 is 2.18 bits per heavy atom. The van der Waals surface area contributed by atoms with E-state index >= 15 is 0 Å². The molecule has 2 rings (SSSR count). The molecule has 1 aromatic carbocycles. The zero-order valence-electron chi connectivity index (χ0n) is 10.1. The van der Waals surface area contributed by atoms with E-state index in [1.54, 1.807) is 18.2 Å². The van der Waals surface area contributed by atoms with Gasteiger partial charge in [-0.1, -0.05) is 18.0 Å². The molecule has 0 radical (unpaired) electrons. The van der Waals surface area contributed by atoms with Gasteiger partial charge in [0, 0.05) is 19.2 Å². The first kappa shape index (κ1) is 12.6. The number of phenolic OH excluding ortho intramolecular Hbond substituents is 1. The highest BCUT2D eigenvalue weighted by atomic mass is 32.2. The highest BCUT2D eigenvalue weighted by Crippen LogP contribution is 2.23. The van der Waals surface area contributed by atoms with Crippen LogP contribution in [0.3, 0.4) is 0 Å². The van der Waals surface area contributed by atoms with E-state index in [1.807, 2.05) is 18.0 Å². The molecule has 3 nitrogen and oxygen atoms in total. The second-order valence-corrected chi connectivity index (χ2v) is 5.24. The maximum atomic E-state index is 9.33. The molecule has 0 aromatic heterocycles. The largest absolute Gasteiger partial charge is 0.508 e. The molecule has 0 spiro atoms. The highest BCUT2D eigenvalue weighted by molar-refractivity contribution is 7.96. The molecular formula is C13H19NO2S. The zero-order valence-corrected chi connectivity index (χ0v) is 10.9. The third-order valence-corrected chi connectivity index (χ3v) is 4.02. The van der Waals surface area contributed by atoms with Crippen molar-refractivity contribution in [3.8, 4) is 11.5 Å². The Morgan fingerprint density at radius 3 is 2.82 bits per heavy atom. The summed E-state index contributed by atoms with van der Waals surface area (Å²) in [6.07, 6.45) is 4.52. The van der Waals surface area contributed by atoms with Crippen LogP contribution < -0.4 is 4.74 Å². The number of nitrogens with zero attached hydrogens (tertiary/aromatic N) is 1. The Bertz CT molecular complexity index is 351. The Morgan fingerprint density at radius 1 is 1.41 bits per heavy atom. The van der Waals surface area contributed by atoms with Gasteiger partial charge < -0.3 is 9.84 Å². The summed E-state index contributed by atoms with van der Waals surface area (Å²) >= 11 is 1.82. The Balaban J connectivity index is 1.76. The summed E-state index contributed by atoms with van der Waals surface area (Å²) < 4.78 is 8.10. The minimum absolute atomic E-state index is 0.264. The second-order valence-electron chi connectivity index (χ2n) is 4.36. The molecular weight excluding hydrogens is 234 g/mol. The summed E-state index contributed by atoms with van der Waals surface area (Å²) in [4.78, 5) is 0. The van der Waals surface area contributed by atoms with Gasteiger partial charge in [-0.25, -0.2) is 0 Å². The van der Waals surface area contributed by atoms with E-state index in [1.165, 1.54) is 12.8 Å². The first-order chi connectivity index (χ1) is 8.28. The molecule has 1 aliphatic rings. The molecule has 1 N–H and O–H groups in total. The maximum absolute atomic E-state index is 9.33. The van der Waals surface area contributed by atoms with Gasteiger partial charge in [-0.15, -0.1) is 0 Å². The van der Waals surface area contributed by atoms with Gasteiger partial charge in [-0.2, -0.15) is 0 Å². The van der Waals surface area contributed by atoms with Gasteiger partial charge >= 0.3 is 0 Å². The Kier molecular flexibility index (Phi) is 4.57. The fourth-order valence-electron chi connectivity index (χ4n) is 2.05. The van der Waals surface area contributed by atoms with Crippen LogP contribution in [0.5, 0.6) is 11.5 Å². The molecule has 1 saturated heterocycles. The first-order valence-corrected chi connectivity index (χ1v) is 7.17. The fraction of sp³-hybridized carbons (Fsp3) is 0.538. The maximum Gasteiger partial charge on any atom is 0.122 e. The minimum atomic E-state index is 0.264. The van der Waals surface area contributed by atoms with E-state index in [4.69, 9.17) is 4.74 Å². The highest BCUT2D eigenvalue weighted by Gasteiger charge is 2.18. The molecule has 0 aliphatic carbocycles. The molecule has 4 heteroatoms. The van der Waals surface area contributed by atoms with E-state index in [0.29, 0.717) is 5.92 Å². The van der Waals surface area contributed by atoms with E-state index in [2.05, 4.69) is 10.6 Å². The van der Waals surface area contributed by atoms with Gasteiger partial charge in [0.1, 0.15) is 11.5 Å². The Labute approximate surface area is 107 Å². The van der Waals surface area contributed by atoms with Crippen molar-refractivity contribution in [2.75, 3.05) is 26.0 Å². The van der Waals surface area contributed by atoms with Crippen molar-refractivity contribution in [1.29, 1.82) is 0 Å². The predicted octanol–water partition coefficient (Wildman–Crippen LogP) is 2.76. The van der Waals surface area contributed by atoms with Crippen LogP contribution in [0.1, 0.15) is 12.8 Å². The van der Waals surface area contributed by atoms with Crippen molar-refractivity contribution >= 4 is 11.9 Å². The normalized spacial score (nSPS) is 18.2. The molecule has 0 atom stereocenters. The summed E-state index contributed by atoms with van der Waals surface area (Å²) in [5.74, 6) is 1.66. The van der Waals surface area contributed by atoms with Crippen molar-refractivity contribution in [3.05, 3.63) is 24.3 Å². The third kappa shape index (κ3) is 3.82. The van der Waals surface area contributed by atoms with Gasteiger partial charge in [-0.05, 0) is 37.1 Å². The summed E-state index contributed by atoms with van der Waals surface area (Å²) in [7, 11) is 0. The summed E-state index contributed by atoms with van der Waals surface area (Å²) in [5.41, 5.74) is 0. The zero-order chi connectivity index (χ0) is 12.1. The van der Waals surface area contributed by atoms with E-state index < -0.39 is 0 Å². The van der Waals surface area contributed by atoms with Crippen LogP contribution in [0.15, 0.2) is 24.3 Å². The molecule has 17 heavy (non-hydrogen) atoms. The average Bonchev–Trinajstić information content (AvgIpc) is 2.37. The molecule has 1 heterocycles. The second kappa shape index (κ2) is 6.17. The van der Waals surface area contributed by atoms with E-state index in [9.17, 15) is 5.11 Å². The van der Waals surface area contributed by atoms with Gasteiger partial charge in [0.15, 0.2) is 0 Å². The minimum Gasteiger partial charge on any atom is -0.508 e. The van der Waals surface area contributed by atoms with Crippen molar-refractivity contribution in [2.24, 2.45) is 5.92 Å². The van der Waals surface area contributed by atoms with Crippen molar-refractivity contribution < 1.29 is 9.84 Å². The third-order valence-electron chi connectivity index (χ3n) is 3.14. The van der Waals surface area contributed by atoms with Gasteiger partial charge in [0.05, 0.1) is 6.61 Å². The van der Waals surface area contributed by atoms with Crippen LogP contribution in [-0.2, 0) is 0 Å². The van der Waals surface area contributed by atoms with Crippen LogP contribution in [0, 0.1) is 5.92 Å². The lowest BCUT2D eigenvalue weighted by molar-refractivity contribution is 0.190. The van der Waals surface area contributed by atoms with Crippen molar-refractivity contribution in [3.63, 3.8) is 0 Å². The van der Waals surface area contributed by atoms with Crippen LogP contribution in [0.25, 0.3) is 0 Å². The number of phenols is 1. The number of aromatic hydroxyl groups is 1. The molecule has 1 aliphatic heterocycles. The summed E-state index contributed by atoms with van der Waals surface area (Å²) in [6, 6.07) is 7.01. The summed E-state index contributed by atoms with van der Waals surface area (Å²) in [5, 5.41) is 9.33. The number of hydrogen-bond donors (Lipinski definition) is 1. The molecule has 94 valence electrons. The SMILES string of the molecule is CSN1CCC(COc2cccc(O)c2)CC1. The monoisotopic (exact) mass is 253 g/mol. The number of benzene rings is 1. The van der Waals surface area contributed by atoms with Crippen LogP contribution in [0.2, 0.25) is 0 Å². The van der Waals surface area contributed by atoms with Gasteiger partial charge in [0.25, 0.3) is 0 Å². The summed E-state index contributed by atoms with van der Waals surface area (Å²) in [6.45, 7) is 3.05. The van der Waals surface area contributed by atoms with Crippen LogP contribution >= 0.6 is 11.9 Å². The standard InChI is InChI=1S/C13H19NO2S/c1-17-14-7-5-11(6-8-14)10-16-13-4-2-3-12(15)9-13/h2-4,9,11,15H,5-8,10H2,1H3. The number of hydrogen-bond acceptors (Lipinski definition) is 4. The lowest BCUT2D eigenvalue weighted by Gasteiger charge is -2.29. The topological polar surface area (TPSA) is 32.7 Å². The quantitative estimate of drug-likeness (QED) is 0.836. The lowest BCUT2D eigenvalue weighted by atomic mass is 9.99. The number of ether oxygens (including phenoxy) is 1. The molecule has 0 saturated carbocycles. The molecule has 0 bridgehead atoms. The molecule has 1 aromatic rings. The molecule has 0 amide bonds. The molecule has 1 fully saturated rings. The predicted molar refractivity (Wildman–Crippen MR) is 71.4 cm³/mol. The van der Waals surface area contributed by atoms with Crippen LogP contribution in [-0.4, -0.2) is 35.4 Å². The van der Waals surface area contributed by atoms with Crippen LogP contribution in [0.4, 0.5) is 0 Å².